The van der Waals surface area contributed by atoms with Crippen LogP contribution in [0.5, 0.6) is 0 Å². The van der Waals surface area contributed by atoms with E-state index >= 15 is 0 Å². The lowest BCUT2D eigenvalue weighted by molar-refractivity contribution is 0.895. The predicted molar refractivity (Wildman–Crippen MR) is 70.7 cm³/mol. The van der Waals surface area contributed by atoms with Gasteiger partial charge in [0.1, 0.15) is 17.5 Å². The molecule has 0 saturated carbocycles. The van der Waals surface area contributed by atoms with Gasteiger partial charge in [-0.15, -0.1) is 0 Å². The van der Waals surface area contributed by atoms with Gasteiger partial charge in [-0.3, -0.25) is 4.57 Å². The van der Waals surface area contributed by atoms with Gasteiger partial charge < -0.3 is 0 Å². The average Bonchev–Trinajstić information content (AvgIpc) is 2.77. The summed E-state index contributed by atoms with van der Waals surface area (Å²) in [6, 6.07) is 11.7. The van der Waals surface area contributed by atoms with Crippen molar-refractivity contribution < 1.29 is 0 Å². The number of aromatic nitrogens is 4. The third-order valence-corrected chi connectivity index (χ3v) is 2.86. The van der Waals surface area contributed by atoms with Crippen molar-refractivity contribution in [1.82, 2.24) is 19.5 Å². The van der Waals surface area contributed by atoms with Crippen LogP contribution in [0.4, 0.5) is 0 Å². The first-order chi connectivity index (χ1) is 9.29. The van der Waals surface area contributed by atoms with Crippen molar-refractivity contribution in [1.29, 1.82) is 5.26 Å². The number of benzene rings is 1. The van der Waals surface area contributed by atoms with Crippen molar-refractivity contribution in [3.05, 3.63) is 48.2 Å². The lowest BCUT2D eigenvalue weighted by atomic mass is 10.3. The molecule has 5 heteroatoms. The molecule has 0 radical (unpaired) electrons. The number of hydrogen-bond acceptors (Lipinski definition) is 4. The molecule has 1 aromatic carbocycles. The molecule has 19 heavy (non-hydrogen) atoms. The molecule has 3 aromatic rings. The number of rotatable bonds is 2. The first-order valence-corrected chi connectivity index (χ1v) is 5.93. The van der Waals surface area contributed by atoms with Gasteiger partial charge in [-0.2, -0.15) is 5.26 Å². The monoisotopic (exact) mass is 249 g/mol. The third-order valence-electron chi connectivity index (χ3n) is 2.86. The lowest BCUT2D eigenvalue weighted by Gasteiger charge is -2.06. The molecule has 0 aliphatic rings. The van der Waals surface area contributed by atoms with Gasteiger partial charge in [-0.1, -0.05) is 12.1 Å². The highest BCUT2D eigenvalue weighted by Gasteiger charge is 2.12. The standard InChI is InChI=1S/C14H11N5/c1-10-16-9-7-14(17-10)19-12-5-3-2-4-11(12)18-13(19)6-8-15/h2-5,7,9H,6H2,1H3. The van der Waals surface area contributed by atoms with Gasteiger partial charge in [0, 0.05) is 6.20 Å². The average molecular weight is 249 g/mol. The molecule has 0 atom stereocenters. The van der Waals surface area contributed by atoms with Crippen LogP contribution < -0.4 is 0 Å². The van der Waals surface area contributed by atoms with Gasteiger partial charge >= 0.3 is 0 Å². The molecule has 0 aliphatic heterocycles. The van der Waals surface area contributed by atoms with Crippen molar-refractivity contribution in [2.75, 3.05) is 0 Å². The highest BCUT2D eigenvalue weighted by Crippen LogP contribution is 2.20. The summed E-state index contributed by atoms with van der Waals surface area (Å²) in [5.74, 6) is 2.13. The molecule has 0 bridgehead atoms. The van der Waals surface area contributed by atoms with E-state index in [1.54, 1.807) is 6.20 Å². The van der Waals surface area contributed by atoms with Crippen molar-refractivity contribution in [2.45, 2.75) is 13.3 Å². The maximum Gasteiger partial charge on any atom is 0.142 e. The van der Waals surface area contributed by atoms with Crippen LogP contribution in [0.2, 0.25) is 0 Å². The van der Waals surface area contributed by atoms with Crippen LogP contribution in [0, 0.1) is 18.3 Å². The fourth-order valence-corrected chi connectivity index (χ4v) is 2.09. The molecule has 92 valence electrons. The van der Waals surface area contributed by atoms with Crippen LogP contribution in [0.25, 0.3) is 16.9 Å². The summed E-state index contributed by atoms with van der Waals surface area (Å²) in [7, 11) is 0. The highest BCUT2D eigenvalue weighted by atomic mass is 15.1. The Hall–Kier alpha value is -2.74. The fourth-order valence-electron chi connectivity index (χ4n) is 2.09. The van der Waals surface area contributed by atoms with E-state index in [2.05, 4.69) is 21.0 Å². The summed E-state index contributed by atoms with van der Waals surface area (Å²) in [5, 5.41) is 8.93. The van der Waals surface area contributed by atoms with E-state index in [0.717, 1.165) is 16.9 Å². The van der Waals surface area contributed by atoms with Crippen LogP contribution in [-0.2, 0) is 6.42 Å². The third kappa shape index (κ3) is 1.93. The van der Waals surface area contributed by atoms with Crippen molar-refractivity contribution >= 4 is 11.0 Å². The molecule has 5 nitrogen and oxygen atoms in total. The molecular formula is C14H11N5. The van der Waals surface area contributed by atoms with Crippen molar-refractivity contribution in [2.24, 2.45) is 0 Å². The second-order valence-corrected chi connectivity index (χ2v) is 4.15. The number of aryl methyl sites for hydroxylation is 1. The van der Waals surface area contributed by atoms with Crippen LogP contribution >= 0.6 is 0 Å². The van der Waals surface area contributed by atoms with Crippen LogP contribution in [0.1, 0.15) is 11.6 Å². The minimum absolute atomic E-state index is 0.248. The summed E-state index contributed by atoms with van der Waals surface area (Å²) >= 11 is 0. The number of fused-ring (bicyclic) bond motifs is 1. The molecule has 0 saturated heterocycles. The molecule has 0 unspecified atom stereocenters. The summed E-state index contributed by atoms with van der Waals surface area (Å²) in [6.07, 6.45) is 1.96. The van der Waals surface area contributed by atoms with E-state index in [0.29, 0.717) is 11.6 Å². The van der Waals surface area contributed by atoms with Crippen LogP contribution in [-0.4, -0.2) is 19.5 Å². The molecule has 0 N–H and O–H groups in total. The molecule has 0 aliphatic carbocycles. The predicted octanol–water partition coefficient (Wildman–Crippen LogP) is 2.19. The van der Waals surface area contributed by atoms with E-state index < -0.39 is 0 Å². The molecule has 2 aromatic heterocycles. The maximum absolute atomic E-state index is 8.93. The van der Waals surface area contributed by atoms with Crippen LogP contribution in [0.15, 0.2) is 36.5 Å². The van der Waals surface area contributed by atoms with E-state index in [1.807, 2.05) is 41.8 Å². The Balaban J connectivity index is 2.31. The van der Waals surface area contributed by atoms with E-state index in [1.165, 1.54) is 0 Å². The molecule has 2 heterocycles. The largest absolute Gasteiger partial charge is 0.279 e. The number of imidazole rings is 1. The Kier molecular flexibility index (Phi) is 2.69. The number of nitrogens with zero attached hydrogens (tertiary/aromatic N) is 5. The Morgan fingerprint density at radius 3 is 2.84 bits per heavy atom. The molecule has 3 rings (SSSR count). The van der Waals surface area contributed by atoms with Gasteiger partial charge in [0.25, 0.3) is 0 Å². The van der Waals surface area contributed by atoms with Crippen LogP contribution in [0.3, 0.4) is 0 Å². The molecule has 0 amide bonds. The Morgan fingerprint density at radius 1 is 1.21 bits per heavy atom. The van der Waals surface area contributed by atoms with Gasteiger partial charge in [0.15, 0.2) is 0 Å². The fraction of sp³-hybridized carbons (Fsp3) is 0.143. The zero-order valence-corrected chi connectivity index (χ0v) is 10.4. The van der Waals surface area contributed by atoms with E-state index in [4.69, 9.17) is 5.26 Å². The number of nitriles is 1. The minimum atomic E-state index is 0.248. The summed E-state index contributed by atoms with van der Waals surface area (Å²) in [4.78, 5) is 13.0. The molecular weight excluding hydrogens is 238 g/mol. The smallest absolute Gasteiger partial charge is 0.142 e. The zero-order valence-electron chi connectivity index (χ0n) is 10.4. The summed E-state index contributed by atoms with van der Waals surface area (Å²) in [6.45, 7) is 1.84. The second kappa shape index (κ2) is 4.50. The first-order valence-electron chi connectivity index (χ1n) is 5.93. The summed E-state index contributed by atoms with van der Waals surface area (Å²) < 4.78 is 1.91. The number of para-hydroxylation sites is 2. The molecule has 0 fully saturated rings. The summed E-state index contributed by atoms with van der Waals surface area (Å²) in [5.41, 5.74) is 1.81. The van der Waals surface area contributed by atoms with Gasteiger partial charge in [-0.25, -0.2) is 15.0 Å². The molecule has 0 spiro atoms. The van der Waals surface area contributed by atoms with Gasteiger partial charge in [0.2, 0.25) is 0 Å². The Morgan fingerprint density at radius 2 is 2.05 bits per heavy atom. The maximum atomic E-state index is 8.93. The van der Waals surface area contributed by atoms with E-state index in [9.17, 15) is 0 Å². The first kappa shape index (κ1) is 11.4. The van der Waals surface area contributed by atoms with Gasteiger partial charge in [-0.05, 0) is 25.1 Å². The SMILES string of the molecule is Cc1nccc(-n2c(CC#N)nc3ccccc32)n1. The topological polar surface area (TPSA) is 67.4 Å². The normalized spacial score (nSPS) is 10.5. The van der Waals surface area contributed by atoms with E-state index in [-0.39, 0.29) is 6.42 Å². The zero-order chi connectivity index (χ0) is 13.2. The Bertz CT molecular complexity index is 782. The highest BCUT2D eigenvalue weighted by molar-refractivity contribution is 5.77. The van der Waals surface area contributed by atoms with Crippen molar-refractivity contribution in [3.8, 4) is 11.9 Å². The van der Waals surface area contributed by atoms with Gasteiger partial charge in [0.05, 0.1) is 23.5 Å². The Labute approximate surface area is 110 Å². The number of hydrogen-bond donors (Lipinski definition) is 0. The second-order valence-electron chi connectivity index (χ2n) is 4.15. The quantitative estimate of drug-likeness (QED) is 0.698. The minimum Gasteiger partial charge on any atom is -0.279 e. The van der Waals surface area contributed by atoms with Crippen molar-refractivity contribution in [3.63, 3.8) is 0 Å². The lowest BCUT2D eigenvalue weighted by Crippen LogP contribution is -2.04.